The molecule has 10 nitrogen and oxygen atoms in total. The number of sulfonamides is 1. The molecule has 4 aromatic rings. The van der Waals surface area contributed by atoms with Gasteiger partial charge in [-0.25, -0.2) is 28.2 Å². The molecular weight excluding hydrogens is 510 g/mol. The number of anilines is 2. The van der Waals surface area contributed by atoms with Gasteiger partial charge in [-0.05, 0) is 56.0 Å². The van der Waals surface area contributed by atoms with Crippen molar-refractivity contribution < 1.29 is 13.2 Å². The van der Waals surface area contributed by atoms with Gasteiger partial charge in [0.05, 0.1) is 21.2 Å². The lowest BCUT2D eigenvalue weighted by atomic mass is 10.0. The Morgan fingerprint density at radius 3 is 2.46 bits per heavy atom. The topological polar surface area (TPSA) is 144 Å². The number of thiazole rings is 1. The first-order chi connectivity index (χ1) is 17.7. The van der Waals surface area contributed by atoms with Crippen molar-refractivity contribution in [2.75, 3.05) is 16.2 Å². The molecule has 0 spiro atoms. The molecule has 0 radical (unpaired) electrons. The number of pyridine rings is 1. The fourth-order valence-electron chi connectivity index (χ4n) is 4.44. The molecule has 0 bridgehead atoms. The maximum Gasteiger partial charge on any atom is 0.321 e. The highest BCUT2D eigenvalue weighted by Crippen LogP contribution is 2.39. The zero-order valence-electron chi connectivity index (χ0n) is 20.5. The van der Waals surface area contributed by atoms with E-state index in [4.69, 9.17) is 5.73 Å². The molecule has 3 heterocycles. The molecular formula is C25H27N7O3S2. The summed E-state index contributed by atoms with van der Waals surface area (Å²) in [7, 11) is -3.51. The van der Waals surface area contributed by atoms with Crippen molar-refractivity contribution in [3.63, 3.8) is 0 Å². The first-order valence-corrected chi connectivity index (χ1v) is 14.4. The average Bonchev–Trinajstić information content (AvgIpc) is 3.55. The van der Waals surface area contributed by atoms with Crippen molar-refractivity contribution >= 4 is 48.7 Å². The molecule has 192 valence electrons. The van der Waals surface area contributed by atoms with Crippen molar-refractivity contribution in [2.45, 2.75) is 44.8 Å². The van der Waals surface area contributed by atoms with E-state index in [1.165, 1.54) is 16.2 Å². The largest absolute Gasteiger partial charge is 0.351 e. The van der Waals surface area contributed by atoms with Crippen LogP contribution in [0.25, 0.3) is 32.6 Å². The molecule has 0 saturated heterocycles. The van der Waals surface area contributed by atoms with Gasteiger partial charge in [0.2, 0.25) is 16.0 Å². The zero-order valence-corrected chi connectivity index (χ0v) is 22.1. The standard InChI is InChI=1S/C25H27N7O3S2/c1-3-32(23(26)33)25-30-21-11-16(10-19(22(21)36-25)20-9-8-15(2)12-27-20)17-13-28-24(29-14-17)31-37(34,35)18-6-4-5-7-18/h8-14,18H,3-7H2,1-2H3,(H2,26,33)(H,28,29,31). The van der Waals surface area contributed by atoms with Crippen LogP contribution in [0.2, 0.25) is 0 Å². The van der Waals surface area contributed by atoms with Crippen LogP contribution < -0.4 is 15.4 Å². The Kier molecular flexibility index (Phi) is 6.78. The van der Waals surface area contributed by atoms with Gasteiger partial charge in [0, 0.05) is 36.3 Å². The van der Waals surface area contributed by atoms with Crippen LogP contribution in [-0.4, -0.2) is 46.2 Å². The number of carbonyl (C=O) groups excluding carboxylic acids is 1. The summed E-state index contributed by atoms with van der Waals surface area (Å²) in [5.74, 6) is 0.0492. The van der Waals surface area contributed by atoms with Crippen molar-refractivity contribution in [3.05, 3.63) is 48.4 Å². The monoisotopic (exact) mass is 537 g/mol. The van der Waals surface area contributed by atoms with E-state index in [-0.39, 0.29) is 5.95 Å². The number of fused-ring (bicyclic) bond motifs is 1. The van der Waals surface area contributed by atoms with Crippen LogP contribution in [0.15, 0.2) is 42.9 Å². The molecule has 1 aliphatic rings. The summed E-state index contributed by atoms with van der Waals surface area (Å²) in [6.07, 6.45) is 8.11. The predicted molar refractivity (Wildman–Crippen MR) is 146 cm³/mol. The van der Waals surface area contributed by atoms with Gasteiger partial charge in [-0.3, -0.25) is 14.6 Å². The van der Waals surface area contributed by atoms with E-state index in [1.807, 2.05) is 38.1 Å². The van der Waals surface area contributed by atoms with Crippen LogP contribution in [-0.2, 0) is 10.0 Å². The van der Waals surface area contributed by atoms with E-state index >= 15 is 0 Å². The minimum Gasteiger partial charge on any atom is -0.351 e. The molecule has 1 aromatic carbocycles. The Balaban J connectivity index is 1.54. The summed E-state index contributed by atoms with van der Waals surface area (Å²) in [5.41, 5.74) is 10.4. The summed E-state index contributed by atoms with van der Waals surface area (Å²) in [6, 6.07) is 7.22. The third-order valence-corrected chi connectivity index (χ3v) is 9.38. The number of primary amides is 1. The van der Waals surface area contributed by atoms with Crippen molar-refractivity contribution in [2.24, 2.45) is 5.73 Å². The van der Waals surface area contributed by atoms with Gasteiger partial charge in [0.25, 0.3) is 0 Å². The summed E-state index contributed by atoms with van der Waals surface area (Å²) in [6.45, 7) is 4.20. The van der Waals surface area contributed by atoms with E-state index < -0.39 is 21.3 Å². The van der Waals surface area contributed by atoms with Gasteiger partial charge in [0.1, 0.15) is 0 Å². The third kappa shape index (κ3) is 5.12. The maximum atomic E-state index is 12.6. The fraction of sp³-hybridized carbons (Fsp3) is 0.320. The minimum atomic E-state index is -3.51. The number of aromatic nitrogens is 4. The predicted octanol–water partition coefficient (Wildman–Crippen LogP) is 4.71. The van der Waals surface area contributed by atoms with Gasteiger partial charge in [-0.15, -0.1) is 0 Å². The molecule has 0 atom stereocenters. The molecule has 3 N–H and O–H groups in total. The first-order valence-electron chi connectivity index (χ1n) is 12.0. The SMILES string of the molecule is CCN(C(N)=O)c1nc2cc(-c3cnc(NS(=O)(=O)C4CCCC4)nc3)cc(-c3ccc(C)cn3)c2s1. The molecule has 0 aliphatic heterocycles. The Morgan fingerprint density at radius 2 is 1.84 bits per heavy atom. The van der Waals surface area contributed by atoms with Gasteiger partial charge in [-0.2, -0.15) is 0 Å². The minimum absolute atomic E-state index is 0.0492. The second kappa shape index (κ2) is 10.0. The van der Waals surface area contributed by atoms with Crippen molar-refractivity contribution in [1.29, 1.82) is 0 Å². The Morgan fingerprint density at radius 1 is 1.11 bits per heavy atom. The summed E-state index contributed by atoms with van der Waals surface area (Å²) >= 11 is 1.37. The van der Waals surface area contributed by atoms with Crippen molar-refractivity contribution in [1.82, 2.24) is 19.9 Å². The molecule has 3 aromatic heterocycles. The number of benzene rings is 1. The lowest BCUT2D eigenvalue weighted by Crippen LogP contribution is -2.35. The molecule has 1 fully saturated rings. The second-order valence-electron chi connectivity index (χ2n) is 9.02. The van der Waals surface area contributed by atoms with E-state index in [9.17, 15) is 13.2 Å². The number of rotatable bonds is 7. The van der Waals surface area contributed by atoms with Gasteiger partial charge >= 0.3 is 6.03 Å². The number of hydrogen-bond acceptors (Lipinski definition) is 8. The van der Waals surface area contributed by atoms with E-state index in [1.54, 1.807) is 18.6 Å². The fourth-order valence-corrected chi connectivity index (χ4v) is 7.06. The number of carbonyl (C=O) groups is 1. The normalized spacial score (nSPS) is 14.2. The highest BCUT2D eigenvalue weighted by Gasteiger charge is 2.29. The van der Waals surface area contributed by atoms with Crippen LogP contribution in [0.5, 0.6) is 0 Å². The molecule has 12 heteroatoms. The highest BCUT2D eigenvalue weighted by molar-refractivity contribution is 7.93. The van der Waals surface area contributed by atoms with E-state index in [0.717, 1.165) is 39.9 Å². The van der Waals surface area contributed by atoms with Gasteiger partial charge in [0.15, 0.2) is 5.13 Å². The van der Waals surface area contributed by atoms with Gasteiger partial charge < -0.3 is 5.73 Å². The quantitative estimate of drug-likeness (QED) is 0.347. The molecule has 2 amide bonds. The smallest absolute Gasteiger partial charge is 0.321 e. The first kappa shape index (κ1) is 25.0. The average molecular weight is 538 g/mol. The number of urea groups is 1. The summed E-state index contributed by atoms with van der Waals surface area (Å²) < 4.78 is 28.6. The molecule has 0 unspecified atom stereocenters. The van der Waals surface area contributed by atoms with E-state index in [0.29, 0.717) is 35.6 Å². The van der Waals surface area contributed by atoms with Gasteiger partial charge in [-0.1, -0.05) is 30.2 Å². The molecule has 37 heavy (non-hydrogen) atoms. The summed E-state index contributed by atoms with van der Waals surface area (Å²) in [5, 5.41) is 0.105. The van der Waals surface area contributed by atoms with Crippen LogP contribution in [0.4, 0.5) is 15.9 Å². The van der Waals surface area contributed by atoms with E-state index in [2.05, 4.69) is 24.7 Å². The Labute approximate surface area is 219 Å². The van der Waals surface area contributed by atoms with Crippen LogP contribution in [0.1, 0.15) is 38.2 Å². The van der Waals surface area contributed by atoms with Crippen molar-refractivity contribution in [3.8, 4) is 22.4 Å². The number of amides is 2. The Bertz CT molecular complexity index is 1550. The molecule has 5 rings (SSSR count). The molecule has 1 aliphatic carbocycles. The zero-order chi connectivity index (χ0) is 26.2. The summed E-state index contributed by atoms with van der Waals surface area (Å²) in [4.78, 5) is 31.2. The Hall–Kier alpha value is -3.64. The molecule has 1 saturated carbocycles. The number of aryl methyl sites for hydroxylation is 1. The lowest BCUT2D eigenvalue weighted by molar-refractivity contribution is 0.254. The lowest BCUT2D eigenvalue weighted by Gasteiger charge is -2.13. The van der Waals surface area contributed by atoms with Crippen LogP contribution in [0, 0.1) is 6.92 Å². The maximum absolute atomic E-state index is 12.6. The second-order valence-corrected chi connectivity index (χ2v) is 12.0. The number of hydrogen-bond donors (Lipinski definition) is 2. The highest BCUT2D eigenvalue weighted by atomic mass is 32.2. The van der Waals surface area contributed by atoms with Crippen LogP contribution in [0.3, 0.4) is 0 Å². The number of nitrogens with two attached hydrogens (primary N) is 1. The number of nitrogens with one attached hydrogen (secondary N) is 1. The third-order valence-electron chi connectivity index (χ3n) is 6.44. The number of nitrogens with zero attached hydrogens (tertiary/aromatic N) is 5. The van der Waals surface area contributed by atoms with Crippen LogP contribution >= 0.6 is 11.3 Å².